The predicted octanol–water partition coefficient (Wildman–Crippen LogP) is 15.3. The van der Waals surface area contributed by atoms with Crippen molar-refractivity contribution in [3.63, 3.8) is 0 Å². The number of rotatable bonds is 10. The highest BCUT2D eigenvalue weighted by Crippen LogP contribution is 2.70. The van der Waals surface area contributed by atoms with Crippen molar-refractivity contribution in [3.05, 3.63) is 23.8 Å². The fourth-order valence-corrected chi connectivity index (χ4v) is 17.9. The Kier molecular flexibility index (Phi) is 13.7. The maximum atomic E-state index is 11.3. The molecule has 0 heterocycles. The minimum atomic E-state index is -0.0861. The van der Waals surface area contributed by atoms with Crippen LogP contribution in [0.1, 0.15) is 211 Å². The van der Waals surface area contributed by atoms with E-state index in [1.54, 1.807) is 5.57 Å². The first-order valence-electron chi connectivity index (χ1n) is 26.1. The second-order valence-corrected chi connectivity index (χ2v) is 25.3. The van der Waals surface area contributed by atoms with Crippen LogP contribution in [0.2, 0.25) is 0 Å². The molecule has 0 amide bonds. The third-order valence-corrected chi connectivity index (χ3v) is 22.1. The minimum absolute atomic E-state index is 0.0509. The first-order valence-corrected chi connectivity index (χ1v) is 26.1. The molecule has 8 rings (SSSR count). The van der Waals surface area contributed by atoms with E-state index in [1.165, 1.54) is 121 Å². The van der Waals surface area contributed by atoms with Crippen LogP contribution >= 0.6 is 0 Å². The summed E-state index contributed by atoms with van der Waals surface area (Å²) in [5, 5.41) is 21.5. The molecule has 7 saturated carbocycles. The highest BCUT2D eigenvalue weighted by Gasteiger charge is 2.63. The van der Waals surface area contributed by atoms with E-state index < -0.39 is 0 Å². The third-order valence-electron chi connectivity index (χ3n) is 22.1. The van der Waals surface area contributed by atoms with Gasteiger partial charge in [-0.15, -0.1) is 0 Å². The molecule has 8 aliphatic carbocycles. The first kappa shape index (κ1) is 45.4. The summed E-state index contributed by atoms with van der Waals surface area (Å²) in [6, 6.07) is 0. The lowest BCUT2D eigenvalue weighted by atomic mass is 9.44. The SMILES string of the molecule is C=C(CC[C@@H](C)[C@H]1CC[C@H]2[C@@H]3CC=C4C[C@@H](O)CC[C@]4(C)[C@H]3CC[C@]12C)C(C)C.CC(C)C(C)CC[C@@H](C)[C@H]1C(O)C[C@H]2[C@@H]3CCC4CCCC[C@]4(C)[C@H]3CC[C@]12C. The fraction of sp³-hybridized carbons (Fsp3) is 0.929. The number of hydrogen-bond acceptors (Lipinski definition) is 2. The molecule has 58 heavy (non-hydrogen) atoms. The van der Waals surface area contributed by atoms with Crippen LogP contribution in [-0.2, 0) is 0 Å². The van der Waals surface area contributed by atoms with Gasteiger partial charge >= 0.3 is 0 Å². The predicted molar refractivity (Wildman–Crippen MR) is 247 cm³/mol. The Bertz CT molecular complexity index is 1440. The van der Waals surface area contributed by atoms with E-state index in [9.17, 15) is 10.2 Å². The summed E-state index contributed by atoms with van der Waals surface area (Å²) in [5.41, 5.74) is 4.98. The van der Waals surface area contributed by atoms with Crippen molar-refractivity contribution >= 4 is 0 Å². The molecule has 0 bridgehead atoms. The van der Waals surface area contributed by atoms with Gasteiger partial charge < -0.3 is 10.2 Å². The normalized spacial score (nSPS) is 47.2. The van der Waals surface area contributed by atoms with Gasteiger partial charge in [0.25, 0.3) is 0 Å². The summed E-state index contributed by atoms with van der Waals surface area (Å²) in [5.74, 6) is 11.4. The van der Waals surface area contributed by atoms with Crippen LogP contribution in [0.25, 0.3) is 0 Å². The fourth-order valence-electron chi connectivity index (χ4n) is 17.9. The molecule has 0 spiro atoms. The zero-order chi connectivity index (χ0) is 41.9. The highest BCUT2D eigenvalue weighted by atomic mass is 16.3. The summed E-state index contributed by atoms with van der Waals surface area (Å²) in [6.45, 7) is 31.6. The van der Waals surface area contributed by atoms with Gasteiger partial charge in [-0.2, -0.15) is 0 Å². The molecule has 0 aromatic rings. The van der Waals surface area contributed by atoms with Gasteiger partial charge in [0.1, 0.15) is 0 Å². The molecule has 0 aromatic heterocycles. The number of allylic oxidation sites excluding steroid dienone is 2. The summed E-state index contributed by atoms with van der Waals surface area (Å²) in [7, 11) is 0. The maximum Gasteiger partial charge on any atom is 0.0579 e. The Balaban J connectivity index is 0.000000177. The number of hydrogen-bond donors (Lipinski definition) is 2. The number of fused-ring (bicyclic) bond motifs is 10. The summed E-state index contributed by atoms with van der Waals surface area (Å²) in [4.78, 5) is 0. The molecular formula is C56H96O2. The molecule has 18 atom stereocenters. The molecular weight excluding hydrogens is 705 g/mol. The molecule has 2 N–H and O–H groups in total. The molecule has 0 aliphatic heterocycles. The van der Waals surface area contributed by atoms with E-state index >= 15 is 0 Å². The van der Waals surface area contributed by atoms with Crippen molar-refractivity contribution in [2.24, 2.45) is 105 Å². The molecule has 2 heteroatoms. The molecule has 2 nitrogen and oxygen atoms in total. The van der Waals surface area contributed by atoms with E-state index in [-0.39, 0.29) is 12.2 Å². The van der Waals surface area contributed by atoms with Crippen molar-refractivity contribution in [1.82, 2.24) is 0 Å². The quantitative estimate of drug-likeness (QED) is 0.216. The van der Waals surface area contributed by atoms with E-state index in [2.05, 4.69) is 88.8 Å². The average Bonchev–Trinajstić information content (AvgIpc) is 3.68. The Morgan fingerprint density at radius 2 is 1.38 bits per heavy atom. The van der Waals surface area contributed by atoms with Crippen LogP contribution in [0.5, 0.6) is 0 Å². The van der Waals surface area contributed by atoms with Crippen LogP contribution in [-0.4, -0.2) is 22.4 Å². The third kappa shape index (κ3) is 8.09. The lowest BCUT2D eigenvalue weighted by Crippen LogP contribution is -2.53. The standard InChI is InChI=1S/C28H46O.C28H50O/c1-18(2)19(3)7-8-20(4)24-11-12-25-23-10-9-21-17-22(29)13-15-27(21,5)26(23)14-16-28(24,25)6;1-18(2)19(3)10-11-20(4)26-25(29)17-24-22-13-12-21-9-7-8-15-27(21,5)23(22)14-16-28(24,26)6/h9,18,20,22-26,29H,3,7-8,10-17H2,1-2,4-6H3;18-26,29H,7-17H2,1-6H3/t20-,22+,23+,24-,25+,26+,27+,28-;19?,20-,21?,22-,23+,24+,25?,26+,27+,28+/m11/s1. The van der Waals surface area contributed by atoms with Crippen LogP contribution in [0.4, 0.5) is 0 Å². The smallest absolute Gasteiger partial charge is 0.0579 e. The van der Waals surface area contributed by atoms with Crippen LogP contribution in [0, 0.1) is 105 Å². The number of aliphatic hydroxyl groups is 2. The van der Waals surface area contributed by atoms with Crippen LogP contribution in [0.15, 0.2) is 23.8 Å². The van der Waals surface area contributed by atoms with Crippen molar-refractivity contribution in [3.8, 4) is 0 Å². The van der Waals surface area contributed by atoms with Gasteiger partial charge in [0, 0.05) is 0 Å². The van der Waals surface area contributed by atoms with Crippen LogP contribution < -0.4 is 0 Å². The van der Waals surface area contributed by atoms with Gasteiger partial charge in [-0.05, 0) is 214 Å². The van der Waals surface area contributed by atoms with Gasteiger partial charge in [-0.25, -0.2) is 0 Å². The summed E-state index contributed by atoms with van der Waals surface area (Å²) >= 11 is 0. The largest absolute Gasteiger partial charge is 0.393 e. The molecule has 0 saturated heterocycles. The lowest BCUT2D eigenvalue weighted by molar-refractivity contribution is -0.115. The molecule has 0 aromatic carbocycles. The number of aliphatic hydroxyl groups excluding tert-OH is 2. The van der Waals surface area contributed by atoms with Gasteiger partial charge in [0.05, 0.1) is 12.2 Å². The van der Waals surface area contributed by atoms with Crippen molar-refractivity contribution in [2.75, 3.05) is 0 Å². The topological polar surface area (TPSA) is 40.5 Å². The molecule has 0 radical (unpaired) electrons. The Hall–Kier alpha value is -0.600. The summed E-state index contributed by atoms with van der Waals surface area (Å²) in [6.07, 6.45) is 30.6. The van der Waals surface area contributed by atoms with E-state index in [4.69, 9.17) is 0 Å². The highest BCUT2D eigenvalue weighted by molar-refractivity contribution is 5.25. The monoisotopic (exact) mass is 801 g/mol. The zero-order valence-electron chi connectivity index (χ0n) is 40.3. The van der Waals surface area contributed by atoms with Gasteiger partial charge in [0.15, 0.2) is 0 Å². The van der Waals surface area contributed by atoms with Crippen molar-refractivity contribution in [2.45, 2.75) is 223 Å². The average molecular weight is 801 g/mol. The van der Waals surface area contributed by atoms with Gasteiger partial charge in [0.2, 0.25) is 0 Å². The maximum absolute atomic E-state index is 11.3. The zero-order valence-corrected chi connectivity index (χ0v) is 40.3. The minimum Gasteiger partial charge on any atom is -0.393 e. The second-order valence-electron chi connectivity index (χ2n) is 25.3. The molecule has 332 valence electrons. The van der Waals surface area contributed by atoms with E-state index in [1.807, 2.05) is 0 Å². The Labute approximate surface area is 360 Å². The Morgan fingerprint density at radius 1 is 0.672 bits per heavy atom. The Morgan fingerprint density at radius 3 is 2.10 bits per heavy atom. The molecule has 3 unspecified atom stereocenters. The van der Waals surface area contributed by atoms with E-state index in [0.29, 0.717) is 39.4 Å². The van der Waals surface area contributed by atoms with Crippen LogP contribution in [0.3, 0.4) is 0 Å². The van der Waals surface area contributed by atoms with Gasteiger partial charge in [-0.3, -0.25) is 0 Å². The van der Waals surface area contributed by atoms with E-state index in [0.717, 1.165) is 84.4 Å². The lowest BCUT2D eigenvalue weighted by Gasteiger charge is -2.60. The molecule has 8 aliphatic rings. The first-order chi connectivity index (χ1) is 27.3. The second kappa shape index (κ2) is 17.5. The van der Waals surface area contributed by atoms with Gasteiger partial charge in [-0.1, -0.05) is 126 Å². The summed E-state index contributed by atoms with van der Waals surface area (Å²) < 4.78 is 0. The molecule has 7 fully saturated rings. The van der Waals surface area contributed by atoms with Crippen molar-refractivity contribution in [1.29, 1.82) is 0 Å². The van der Waals surface area contributed by atoms with Crippen molar-refractivity contribution < 1.29 is 10.2 Å².